The first kappa shape index (κ1) is 23.2. The van der Waals surface area contributed by atoms with Crippen LogP contribution in [-0.4, -0.2) is 40.3 Å². The van der Waals surface area contributed by atoms with E-state index >= 15 is 0 Å². The number of nitrogens with one attached hydrogen (secondary N) is 2. The van der Waals surface area contributed by atoms with Crippen LogP contribution in [0.15, 0.2) is 64.5 Å². The van der Waals surface area contributed by atoms with Gasteiger partial charge in [-0.1, -0.05) is 30.3 Å². The van der Waals surface area contributed by atoms with Crippen molar-refractivity contribution in [2.45, 2.75) is 18.4 Å². The van der Waals surface area contributed by atoms with E-state index in [0.29, 0.717) is 25.4 Å². The Morgan fingerprint density at radius 1 is 1.04 bits per heavy atom. The molecule has 0 radical (unpaired) electrons. The van der Waals surface area contributed by atoms with Gasteiger partial charge >= 0.3 is 0 Å². The molecule has 0 unspecified atom stereocenters. The summed E-state index contributed by atoms with van der Waals surface area (Å²) in [5.41, 5.74) is 1.15. The van der Waals surface area contributed by atoms with Crippen molar-refractivity contribution in [3.05, 3.63) is 60.2 Å². The molecule has 0 saturated carbocycles. The van der Waals surface area contributed by atoms with Gasteiger partial charge in [0.15, 0.2) is 15.8 Å². The van der Waals surface area contributed by atoms with Gasteiger partial charge in [0, 0.05) is 12.8 Å². The topological polar surface area (TPSA) is 79.8 Å². The Balaban J connectivity index is 0.00000364. The smallest absolute Gasteiger partial charge is 0.191 e. The number of benzene rings is 2. The maximum absolute atomic E-state index is 11.4. The number of aliphatic imine (C=N–C) groups is 1. The van der Waals surface area contributed by atoms with E-state index in [9.17, 15) is 8.42 Å². The van der Waals surface area contributed by atoms with Crippen LogP contribution in [-0.2, 0) is 16.4 Å². The first-order chi connectivity index (χ1) is 12.5. The molecular weight excluding hydrogens is 477 g/mol. The van der Waals surface area contributed by atoms with E-state index < -0.39 is 9.84 Å². The molecule has 0 aliphatic heterocycles. The molecule has 27 heavy (non-hydrogen) atoms. The summed E-state index contributed by atoms with van der Waals surface area (Å²) in [6.45, 7) is 4.40. The monoisotopic (exact) mass is 503 g/mol. The second-order valence-corrected chi connectivity index (χ2v) is 7.72. The number of rotatable bonds is 8. The minimum atomic E-state index is -3.18. The highest BCUT2D eigenvalue weighted by Gasteiger charge is 2.06. The van der Waals surface area contributed by atoms with Crippen molar-refractivity contribution in [3.8, 4) is 5.75 Å². The van der Waals surface area contributed by atoms with Crippen LogP contribution < -0.4 is 15.4 Å². The zero-order valence-electron chi connectivity index (χ0n) is 15.5. The van der Waals surface area contributed by atoms with Crippen LogP contribution in [0.4, 0.5) is 0 Å². The van der Waals surface area contributed by atoms with Gasteiger partial charge in [0.1, 0.15) is 12.4 Å². The van der Waals surface area contributed by atoms with Gasteiger partial charge in [-0.25, -0.2) is 13.4 Å². The molecule has 2 rings (SSSR count). The molecule has 0 aromatic heterocycles. The molecule has 2 N–H and O–H groups in total. The van der Waals surface area contributed by atoms with Gasteiger partial charge < -0.3 is 15.4 Å². The molecule has 0 bridgehead atoms. The molecule has 0 spiro atoms. The summed E-state index contributed by atoms with van der Waals surface area (Å²) in [4.78, 5) is 4.82. The molecule has 8 heteroatoms. The third-order valence-electron chi connectivity index (χ3n) is 3.52. The first-order valence-corrected chi connectivity index (χ1v) is 10.4. The lowest BCUT2D eigenvalue weighted by Gasteiger charge is -2.12. The molecule has 0 atom stereocenters. The van der Waals surface area contributed by atoms with Crippen molar-refractivity contribution in [2.24, 2.45) is 4.99 Å². The van der Waals surface area contributed by atoms with E-state index in [1.165, 1.54) is 6.26 Å². The maximum Gasteiger partial charge on any atom is 0.191 e. The molecule has 0 aliphatic rings. The molecule has 0 saturated heterocycles. The van der Waals surface area contributed by atoms with Gasteiger partial charge in [0.2, 0.25) is 0 Å². The van der Waals surface area contributed by atoms with Gasteiger partial charge in [0.25, 0.3) is 0 Å². The number of ether oxygens (including phenoxy) is 1. The van der Waals surface area contributed by atoms with Crippen molar-refractivity contribution < 1.29 is 13.2 Å². The molecular formula is C19H26IN3O3S. The summed E-state index contributed by atoms with van der Waals surface area (Å²) < 4.78 is 28.5. The number of hydrogen-bond acceptors (Lipinski definition) is 4. The minimum absolute atomic E-state index is 0. The van der Waals surface area contributed by atoms with E-state index in [2.05, 4.69) is 15.6 Å². The van der Waals surface area contributed by atoms with E-state index in [1.807, 2.05) is 37.3 Å². The van der Waals surface area contributed by atoms with Gasteiger partial charge in [0.05, 0.1) is 18.0 Å². The van der Waals surface area contributed by atoms with Crippen molar-refractivity contribution in [1.29, 1.82) is 0 Å². The Morgan fingerprint density at radius 3 is 2.30 bits per heavy atom. The lowest BCUT2D eigenvalue weighted by Crippen LogP contribution is -2.39. The zero-order chi connectivity index (χ0) is 18.8. The SMILES string of the molecule is CCNC(=NCc1ccccc1)NCCOc1ccc(S(C)(=O)=O)cc1.I. The van der Waals surface area contributed by atoms with Crippen LogP contribution in [0, 0.1) is 0 Å². The number of hydrogen-bond donors (Lipinski definition) is 2. The van der Waals surface area contributed by atoms with Gasteiger partial charge in [-0.05, 0) is 36.8 Å². The normalized spacial score (nSPS) is 11.4. The molecule has 2 aromatic carbocycles. The largest absolute Gasteiger partial charge is 0.492 e. The van der Waals surface area contributed by atoms with Crippen LogP contribution in [0.25, 0.3) is 0 Å². The van der Waals surface area contributed by atoms with Crippen LogP contribution in [0.1, 0.15) is 12.5 Å². The fourth-order valence-electron chi connectivity index (χ4n) is 2.22. The standard InChI is InChI=1S/C19H25N3O3S.HI/c1-3-20-19(22-15-16-7-5-4-6-8-16)21-13-14-25-17-9-11-18(12-10-17)26(2,23)24;/h4-12H,3,13-15H2,1-2H3,(H2,20,21,22);1H. The maximum atomic E-state index is 11.4. The molecule has 6 nitrogen and oxygen atoms in total. The van der Waals surface area contributed by atoms with Crippen LogP contribution >= 0.6 is 24.0 Å². The summed E-state index contributed by atoms with van der Waals surface area (Å²) in [6.07, 6.45) is 1.18. The van der Waals surface area contributed by atoms with Crippen molar-refractivity contribution in [2.75, 3.05) is 26.0 Å². The molecule has 0 amide bonds. The number of sulfone groups is 1. The fourth-order valence-corrected chi connectivity index (χ4v) is 2.85. The van der Waals surface area contributed by atoms with Crippen LogP contribution in [0.5, 0.6) is 5.75 Å². The van der Waals surface area contributed by atoms with Crippen LogP contribution in [0.3, 0.4) is 0 Å². The summed E-state index contributed by atoms with van der Waals surface area (Å²) in [7, 11) is -3.18. The Kier molecular flexibility index (Phi) is 10.2. The van der Waals surface area contributed by atoms with E-state index in [-0.39, 0.29) is 28.9 Å². The fraction of sp³-hybridized carbons (Fsp3) is 0.316. The van der Waals surface area contributed by atoms with E-state index in [1.54, 1.807) is 24.3 Å². The Bertz CT molecular complexity index is 810. The van der Waals surface area contributed by atoms with Crippen molar-refractivity contribution in [1.82, 2.24) is 10.6 Å². The lowest BCUT2D eigenvalue weighted by molar-refractivity contribution is 0.321. The van der Waals surface area contributed by atoms with Crippen molar-refractivity contribution >= 4 is 39.8 Å². The third-order valence-corrected chi connectivity index (χ3v) is 4.65. The predicted molar refractivity (Wildman–Crippen MR) is 120 cm³/mol. The highest BCUT2D eigenvalue weighted by Crippen LogP contribution is 2.15. The predicted octanol–water partition coefficient (Wildman–Crippen LogP) is 2.84. The number of halogens is 1. The second-order valence-electron chi connectivity index (χ2n) is 5.70. The second kappa shape index (κ2) is 11.8. The Labute approximate surface area is 178 Å². The first-order valence-electron chi connectivity index (χ1n) is 8.48. The highest BCUT2D eigenvalue weighted by molar-refractivity contribution is 14.0. The summed E-state index contributed by atoms with van der Waals surface area (Å²) in [5, 5.41) is 6.41. The summed E-state index contributed by atoms with van der Waals surface area (Å²) in [6, 6.07) is 16.5. The number of nitrogens with zero attached hydrogens (tertiary/aromatic N) is 1. The molecule has 2 aromatic rings. The van der Waals surface area contributed by atoms with Crippen LogP contribution in [0.2, 0.25) is 0 Å². The Hall–Kier alpha value is -1.81. The summed E-state index contributed by atoms with van der Waals surface area (Å²) in [5.74, 6) is 1.36. The quantitative estimate of drug-likeness (QED) is 0.251. The van der Waals surface area contributed by atoms with Gasteiger partial charge in [-0.2, -0.15) is 0 Å². The average Bonchev–Trinajstić information content (AvgIpc) is 2.63. The van der Waals surface area contributed by atoms with E-state index in [0.717, 1.165) is 18.1 Å². The van der Waals surface area contributed by atoms with Crippen molar-refractivity contribution in [3.63, 3.8) is 0 Å². The molecule has 0 fully saturated rings. The zero-order valence-corrected chi connectivity index (χ0v) is 18.7. The lowest BCUT2D eigenvalue weighted by atomic mass is 10.2. The minimum Gasteiger partial charge on any atom is -0.492 e. The van der Waals surface area contributed by atoms with Gasteiger partial charge in [-0.15, -0.1) is 24.0 Å². The number of guanidine groups is 1. The molecule has 0 aliphatic carbocycles. The average molecular weight is 503 g/mol. The third kappa shape index (κ3) is 8.61. The highest BCUT2D eigenvalue weighted by atomic mass is 127. The molecule has 148 valence electrons. The van der Waals surface area contributed by atoms with E-state index in [4.69, 9.17) is 4.74 Å². The summed E-state index contributed by atoms with van der Waals surface area (Å²) >= 11 is 0. The van der Waals surface area contributed by atoms with Gasteiger partial charge in [-0.3, -0.25) is 0 Å². The molecule has 0 heterocycles. The Morgan fingerprint density at radius 2 is 1.70 bits per heavy atom.